The van der Waals surface area contributed by atoms with E-state index in [1.807, 2.05) is 0 Å². The van der Waals surface area contributed by atoms with Gasteiger partial charge in [-0.3, -0.25) is 4.79 Å². The van der Waals surface area contributed by atoms with Crippen molar-refractivity contribution in [3.63, 3.8) is 0 Å². The Hall–Kier alpha value is -2.52. The maximum absolute atomic E-state index is 12.5. The number of nitrogens with one attached hydrogen (secondary N) is 1. The summed E-state index contributed by atoms with van der Waals surface area (Å²) < 4.78 is 10.6. The number of fused-ring (bicyclic) bond motifs is 2. The zero-order valence-electron chi connectivity index (χ0n) is 13.2. The Morgan fingerprint density at radius 2 is 2.21 bits per heavy atom. The molecule has 2 heterocycles. The number of hydrogen-bond donors (Lipinski definition) is 1. The first kappa shape index (κ1) is 15.0. The lowest BCUT2D eigenvalue weighted by Gasteiger charge is -2.17. The van der Waals surface area contributed by atoms with Gasteiger partial charge in [0.25, 0.3) is 5.91 Å². The molecule has 24 heavy (non-hydrogen) atoms. The van der Waals surface area contributed by atoms with Crippen LogP contribution >= 0.6 is 11.3 Å². The first-order chi connectivity index (χ1) is 11.7. The maximum Gasteiger partial charge on any atom is 0.256 e. The lowest BCUT2D eigenvalue weighted by Crippen LogP contribution is -2.12. The molecule has 1 aliphatic carbocycles. The molecule has 1 aliphatic heterocycles. The van der Waals surface area contributed by atoms with Crippen LogP contribution in [0.5, 0.6) is 11.5 Å². The van der Waals surface area contributed by atoms with E-state index in [0.717, 1.165) is 24.8 Å². The lowest BCUT2D eigenvalue weighted by atomic mass is 9.88. The summed E-state index contributed by atoms with van der Waals surface area (Å²) in [4.78, 5) is 13.8. The first-order valence-electron chi connectivity index (χ1n) is 7.91. The van der Waals surface area contributed by atoms with Gasteiger partial charge in [0.15, 0.2) is 11.5 Å². The molecule has 4 rings (SSSR count). The third-order valence-corrected chi connectivity index (χ3v) is 5.66. The highest BCUT2D eigenvalue weighted by atomic mass is 32.1. The van der Waals surface area contributed by atoms with Crippen LogP contribution < -0.4 is 14.8 Å². The lowest BCUT2D eigenvalue weighted by molar-refractivity contribution is 0.102. The van der Waals surface area contributed by atoms with E-state index in [9.17, 15) is 10.1 Å². The minimum atomic E-state index is -0.239. The van der Waals surface area contributed by atoms with Crippen LogP contribution in [0.1, 0.15) is 39.7 Å². The maximum atomic E-state index is 12.5. The Balaban J connectivity index is 1.61. The highest BCUT2D eigenvalue weighted by Gasteiger charge is 2.25. The smallest absolute Gasteiger partial charge is 0.256 e. The van der Waals surface area contributed by atoms with Gasteiger partial charge in [-0.25, -0.2) is 0 Å². The van der Waals surface area contributed by atoms with Crippen molar-refractivity contribution in [2.24, 2.45) is 5.92 Å². The third-order valence-electron chi connectivity index (χ3n) is 4.49. The van der Waals surface area contributed by atoms with E-state index in [0.29, 0.717) is 33.5 Å². The van der Waals surface area contributed by atoms with Gasteiger partial charge in [-0.1, -0.05) is 6.92 Å². The quantitative estimate of drug-likeness (QED) is 0.904. The number of anilines is 1. The molecule has 0 saturated carbocycles. The van der Waals surface area contributed by atoms with Crippen molar-refractivity contribution in [2.45, 2.75) is 26.2 Å². The summed E-state index contributed by atoms with van der Waals surface area (Å²) in [5.41, 5.74) is 2.22. The second-order valence-corrected chi connectivity index (χ2v) is 7.30. The third kappa shape index (κ3) is 2.51. The van der Waals surface area contributed by atoms with E-state index >= 15 is 0 Å². The van der Waals surface area contributed by atoms with Crippen molar-refractivity contribution in [1.82, 2.24) is 0 Å². The second-order valence-electron chi connectivity index (χ2n) is 6.19. The molecule has 1 aromatic heterocycles. The van der Waals surface area contributed by atoms with Crippen molar-refractivity contribution >= 4 is 22.2 Å². The Morgan fingerprint density at radius 1 is 1.38 bits per heavy atom. The molecule has 6 heteroatoms. The van der Waals surface area contributed by atoms with Crippen LogP contribution in [0.15, 0.2) is 18.2 Å². The van der Waals surface area contributed by atoms with Gasteiger partial charge >= 0.3 is 0 Å². The van der Waals surface area contributed by atoms with Gasteiger partial charge in [0.2, 0.25) is 6.79 Å². The summed E-state index contributed by atoms with van der Waals surface area (Å²) in [7, 11) is 0. The molecule has 2 aromatic rings. The summed E-state index contributed by atoms with van der Waals surface area (Å²) >= 11 is 1.53. The van der Waals surface area contributed by atoms with Crippen molar-refractivity contribution in [3.8, 4) is 17.6 Å². The minimum absolute atomic E-state index is 0.175. The van der Waals surface area contributed by atoms with Gasteiger partial charge in [-0.05, 0) is 48.9 Å². The molecule has 122 valence electrons. The summed E-state index contributed by atoms with van der Waals surface area (Å²) in [6, 6.07) is 7.36. The van der Waals surface area contributed by atoms with Crippen molar-refractivity contribution in [2.75, 3.05) is 12.1 Å². The summed E-state index contributed by atoms with van der Waals surface area (Å²) in [5, 5.41) is 13.1. The molecular weight excluding hydrogens is 324 g/mol. The molecule has 0 fully saturated rings. The highest BCUT2D eigenvalue weighted by molar-refractivity contribution is 7.16. The number of ether oxygens (including phenoxy) is 2. The largest absolute Gasteiger partial charge is 0.454 e. The van der Waals surface area contributed by atoms with Gasteiger partial charge in [-0.2, -0.15) is 5.26 Å². The van der Waals surface area contributed by atoms with Gasteiger partial charge in [0, 0.05) is 10.4 Å². The summed E-state index contributed by atoms with van der Waals surface area (Å²) in [6.07, 6.45) is 2.98. The van der Waals surface area contributed by atoms with Gasteiger partial charge in [-0.15, -0.1) is 11.3 Å². The van der Waals surface area contributed by atoms with E-state index < -0.39 is 0 Å². The Bertz CT molecular complexity index is 866. The van der Waals surface area contributed by atoms with Crippen LogP contribution in [0.25, 0.3) is 0 Å². The minimum Gasteiger partial charge on any atom is -0.454 e. The summed E-state index contributed by atoms with van der Waals surface area (Å²) in [6.45, 7) is 2.40. The molecular formula is C18H16N2O3S. The Morgan fingerprint density at radius 3 is 3.04 bits per heavy atom. The Labute approximate surface area is 143 Å². The zero-order valence-corrected chi connectivity index (χ0v) is 14.0. The molecule has 0 saturated heterocycles. The molecule has 1 atom stereocenters. The zero-order chi connectivity index (χ0) is 16.7. The monoisotopic (exact) mass is 340 g/mol. The number of carbonyl (C=O) groups is 1. The summed E-state index contributed by atoms with van der Waals surface area (Å²) in [5.74, 6) is 1.60. The average molecular weight is 340 g/mol. The SMILES string of the molecule is C[C@H]1CCc2c(sc(NC(=O)c3ccc4c(c3)OCO4)c2C#N)C1. The van der Waals surface area contributed by atoms with Crippen molar-refractivity contribution in [1.29, 1.82) is 5.26 Å². The van der Waals surface area contributed by atoms with E-state index in [1.54, 1.807) is 18.2 Å². The molecule has 0 unspecified atom stereocenters. The molecule has 1 aromatic carbocycles. The number of amides is 1. The van der Waals surface area contributed by atoms with E-state index in [-0.39, 0.29) is 12.7 Å². The Kier molecular flexibility index (Phi) is 3.66. The van der Waals surface area contributed by atoms with Gasteiger partial charge in [0.1, 0.15) is 11.1 Å². The molecule has 1 amide bonds. The van der Waals surface area contributed by atoms with E-state index in [1.165, 1.54) is 16.2 Å². The molecule has 1 N–H and O–H groups in total. The predicted molar refractivity (Wildman–Crippen MR) is 90.7 cm³/mol. The van der Waals surface area contributed by atoms with Gasteiger partial charge in [0.05, 0.1) is 5.56 Å². The standard InChI is InChI=1S/C18H16N2O3S/c1-10-2-4-12-13(8-19)18(24-16(12)6-10)20-17(21)11-3-5-14-15(7-11)23-9-22-14/h3,5,7,10H,2,4,6,9H2,1H3,(H,20,21)/t10-/m0/s1. The van der Waals surface area contributed by atoms with Crippen molar-refractivity contribution < 1.29 is 14.3 Å². The fourth-order valence-electron chi connectivity index (χ4n) is 3.17. The second kappa shape index (κ2) is 5.84. The van der Waals surface area contributed by atoms with Crippen LogP contribution in [0, 0.1) is 17.2 Å². The average Bonchev–Trinajstić information content (AvgIpc) is 3.17. The van der Waals surface area contributed by atoms with Crippen LogP contribution in [0.4, 0.5) is 5.00 Å². The molecule has 5 nitrogen and oxygen atoms in total. The number of nitrogens with zero attached hydrogens (tertiary/aromatic N) is 1. The normalized spacial score (nSPS) is 17.9. The topological polar surface area (TPSA) is 71.3 Å². The van der Waals surface area contributed by atoms with Crippen LogP contribution in [0.2, 0.25) is 0 Å². The first-order valence-corrected chi connectivity index (χ1v) is 8.73. The highest BCUT2D eigenvalue weighted by Crippen LogP contribution is 2.39. The van der Waals surface area contributed by atoms with Crippen LogP contribution in [-0.4, -0.2) is 12.7 Å². The number of thiophene rings is 1. The predicted octanol–water partition coefficient (Wildman–Crippen LogP) is 3.73. The van der Waals surface area contributed by atoms with E-state index in [4.69, 9.17) is 9.47 Å². The fourth-order valence-corrected chi connectivity index (χ4v) is 4.53. The molecule has 2 aliphatic rings. The van der Waals surface area contributed by atoms with Crippen molar-refractivity contribution in [3.05, 3.63) is 39.8 Å². The van der Waals surface area contributed by atoms with Gasteiger partial charge < -0.3 is 14.8 Å². The number of carbonyl (C=O) groups excluding carboxylic acids is 1. The van der Waals surface area contributed by atoms with Crippen LogP contribution in [-0.2, 0) is 12.8 Å². The number of benzene rings is 1. The number of nitriles is 1. The molecule has 0 radical (unpaired) electrons. The number of rotatable bonds is 2. The molecule has 0 spiro atoms. The van der Waals surface area contributed by atoms with Crippen LogP contribution in [0.3, 0.4) is 0 Å². The molecule has 0 bridgehead atoms. The fraction of sp³-hybridized carbons (Fsp3) is 0.333. The van der Waals surface area contributed by atoms with E-state index in [2.05, 4.69) is 18.3 Å². The number of hydrogen-bond acceptors (Lipinski definition) is 5.